The Morgan fingerprint density at radius 2 is 2.00 bits per heavy atom. The van der Waals surface area contributed by atoms with Crippen LogP contribution >= 0.6 is 0 Å². The normalized spacial score (nSPS) is 13.2. The molecule has 0 aliphatic rings. The number of nitrogens with two attached hydrogens (primary N) is 1. The molecular formula is C13H23N3O2S. The number of rotatable bonds is 8. The fraction of sp³-hybridized carbons (Fsp3) is 0.538. The Bertz CT molecular complexity index is 486. The molecule has 108 valence electrons. The van der Waals surface area contributed by atoms with Gasteiger partial charge in [-0.05, 0) is 31.9 Å². The van der Waals surface area contributed by atoms with Crippen molar-refractivity contribution in [3.8, 4) is 0 Å². The number of hydrogen-bond donors (Lipinski definition) is 3. The van der Waals surface area contributed by atoms with Gasteiger partial charge in [0.15, 0.2) is 0 Å². The Morgan fingerprint density at radius 1 is 1.32 bits per heavy atom. The van der Waals surface area contributed by atoms with E-state index in [1.54, 1.807) is 25.1 Å². The molecule has 1 aromatic rings. The molecule has 5 nitrogen and oxygen atoms in total. The van der Waals surface area contributed by atoms with Gasteiger partial charge in [0.05, 0.1) is 5.69 Å². The maximum absolute atomic E-state index is 12.0. The molecule has 1 atom stereocenters. The molecule has 0 fully saturated rings. The molecule has 19 heavy (non-hydrogen) atoms. The van der Waals surface area contributed by atoms with Crippen LogP contribution in [0.5, 0.6) is 0 Å². The maximum Gasteiger partial charge on any atom is 0.242 e. The van der Waals surface area contributed by atoms with Crippen molar-refractivity contribution in [3.05, 3.63) is 24.3 Å². The second-order valence-electron chi connectivity index (χ2n) is 4.54. The average molecular weight is 285 g/mol. The lowest BCUT2D eigenvalue weighted by atomic mass is 10.2. The van der Waals surface area contributed by atoms with Crippen molar-refractivity contribution >= 4 is 15.7 Å². The number of sulfonamides is 1. The summed E-state index contributed by atoms with van der Waals surface area (Å²) in [5.74, 6) is 0. The SMILES string of the molecule is CCNS(=O)(=O)c1ccccc1NCCCC(C)N. The second-order valence-corrected chi connectivity index (χ2v) is 6.28. The van der Waals surface area contributed by atoms with Gasteiger partial charge in [-0.2, -0.15) is 0 Å². The molecule has 1 rings (SSSR count). The summed E-state index contributed by atoms with van der Waals surface area (Å²) in [6.07, 6.45) is 1.82. The zero-order chi connectivity index (χ0) is 14.3. The Morgan fingerprint density at radius 3 is 2.63 bits per heavy atom. The molecule has 0 amide bonds. The lowest BCUT2D eigenvalue weighted by molar-refractivity contribution is 0.584. The summed E-state index contributed by atoms with van der Waals surface area (Å²) in [7, 11) is -3.43. The average Bonchev–Trinajstić information content (AvgIpc) is 2.35. The molecule has 0 aromatic heterocycles. The Balaban J connectivity index is 2.74. The van der Waals surface area contributed by atoms with Gasteiger partial charge in [-0.25, -0.2) is 13.1 Å². The molecule has 0 aliphatic carbocycles. The Labute approximate surface area is 115 Å². The topological polar surface area (TPSA) is 84.2 Å². The van der Waals surface area contributed by atoms with Crippen LogP contribution in [0.3, 0.4) is 0 Å². The van der Waals surface area contributed by atoms with Crippen LogP contribution in [0.2, 0.25) is 0 Å². The van der Waals surface area contributed by atoms with Crippen LogP contribution in [0.4, 0.5) is 5.69 Å². The predicted molar refractivity (Wildman–Crippen MR) is 78.7 cm³/mol. The van der Waals surface area contributed by atoms with Gasteiger partial charge in [-0.3, -0.25) is 0 Å². The first-order chi connectivity index (χ1) is 8.97. The molecule has 0 spiro atoms. The van der Waals surface area contributed by atoms with Gasteiger partial charge >= 0.3 is 0 Å². The van der Waals surface area contributed by atoms with E-state index < -0.39 is 10.0 Å². The summed E-state index contributed by atoms with van der Waals surface area (Å²) < 4.78 is 26.5. The van der Waals surface area contributed by atoms with E-state index in [0.29, 0.717) is 18.8 Å². The first-order valence-corrected chi connectivity index (χ1v) is 8.04. The van der Waals surface area contributed by atoms with Gasteiger partial charge < -0.3 is 11.1 Å². The van der Waals surface area contributed by atoms with Crippen LogP contribution in [0.25, 0.3) is 0 Å². The number of nitrogens with one attached hydrogen (secondary N) is 2. The minimum Gasteiger partial charge on any atom is -0.384 e. The third-order valence-corrected chi connectivity index (χ3v) is 4.27. The van der Waals surface area contributed by atoms with Crippen LogP contribution in [0.1, 0.15) is 26.7 Å². The molecule has 0 saturated heterocycles. The van der Waals surface area contributed by atoms with E-state index >= 15 is 0 Å². The summed E-state index contributed by atoms with van der Waals surface area (Å²) >= 11 is 0. The molecule has 0 radical (unpaired) electrons. The van der Waals surface area contributed by atoms with E-state index in [1.165, 1.54) is 0 Å². The van der Waals surface area contributed by atoms with Crippen molar-refractivity contribution in [2.75, 3.05) is 18.4 Å². The third kappa shape index (κ3) is 5.18. The van der Waals surface area contributed by atoms with Gasteiger partial charge in [0, 0.05) is 19.1 Å². The fourth-order valence-corrected chi connectivity index (χ4v) is 2.98. The van der Waals surface area contributed by atoms with E-state index in [1.807, 2.05) is 13.0 Å². The van der Waals surface area contributed by atoms with Gasteiger partial charge in [0.1, 0.15) is 4.90 Å². The Hall–Kier alpha value is -1.11. The molecular weight excluding hydrogens is 262 g/mol. The van der Waals surface area contributed by atoms with Crippen LogP contribution in [-0.2, 0) is 10.0 Å². The summed E-state index contributed by atoms with van der Waals surface area (Å²) in [5, 5.41) is 3.16. The minimum absolute atomic E-state index is 0.169. The zero-order valence-corrected chi connectivity index (χ0v) is 12.3. The third-order valence-electron chi connectivity index (χ3n) is 2.66. The zero-order valence-electron chi connectivity index (χ0n) is 11.5. The molecule has 4 N–H and O–H groups in total. The van der Waals surface area contributed by atoms with Crippen LogP contribution < -0.4 is 15.8 Å². The standard InChI is InChI=1S/C13H23N3O2S/c1-3-16-19(17,18)13-9-5-4-8-12(13)15-10-6-7-11(2)14/h4-5,8-9,11,15-16H,3,6-7,10,14H2,1-2H3. The number of hydrogen-bond acceptors (Lipinski definition) is 4. The van der Waals surface area contributed by atoms with Crippen LogP contribution in [-0.4, -0.2) is 27.5 Å². The highest BCUT2D eigenvalue weighted by molar-refractivity contribution is 7.89. The van der Waals surface area contributed by atoms with Gasteiger partial charge in [0.25, 0.3) is 0 Å². The second kappa shape index (κ2) is 7.47. The largest absolute Gasteiger partial charge is 0.384 e. The van der Waals surface area contributed by atoms with Crippen molar-refractivity contribution in [3.63, 3.8) is 0 Å². The quantitative estimate of drug-likeness (QED) is 0.632. The molecule has 0 saturated carbocycles. The monoisotopic (exact) mass is 285 g/mol. The maximum atomic E-state index is 12.0. The smallest absolute Gasteiger partial charge is 0.242 e. The van der Waals surface area contributed by atoms with Gasteiger partial charge in [0.2, 0.25) is 10.0 Å². The predicted octanol–water partition coefficient (Wildman–Crippen LogP) is 1.52. The molecule has 1 aromatic carbocycles. The lowest BCUT2D eigenvalue weighted by Crippen LogP contribution is -2.24. The highest BCUT2D eigenvalue weighted by Gasteiger charge is 2.16. The van der Waals surface area contributed by atoms with Gasteiger partial charge in [-0.1, -0.05) is 19.1 Å². The van der Waals surface area contributed by atoms with Crippen molar-refractivity contribution < 1.29 is 8.42 Å². The van der Waals surface area contributed by atoms with E-state index in [-0.39, 0.29) is 10.9 Å². The molecule has 0 bridgehead atoms. The summed E-state index contributed by atoms with van der Waals surface area (Å²) in [4.78, 5) is 0.289. The van der Waals surface area contributed by atoms with E-state index in [9.17, 15) is 8.42 Å². The van der Waals surface area contributed by atoms with Crippen LogP contribution in [0, 0.1) is 0 Å². The lowest BCUT2D eigenvalue weighted by Gasteiger charge is -2.13. The highest BCUT2D eigenvalue weighted by atomic mass is 32.2. The van der Waals surface area contributed by atoms with E-state index in [2.05, 4.69) is 10.0 Å². The Kier molecular flexibility index (Phi) is 6.27. The molecule has 0 heterocycles. The number of anilines is 1. The van der Waals surface area contributed by atoms with E-state index in [4.69, 9.17) is 5.73 Å². The molecule has 6 heteroatoms. The summed E-state index contributed by atoms with van der Waals surface area (Å²) in [6.45, 7) is 4.81. The summed E-state index contributed by atoms with van der Waals surface area (Å²) in [5.41, 5.74) is 6.31. The molecule has 1 unspecified atom stereocenters. The number of para-hydroxylation sites is 1. The first-order valence-electron chi connectivity index (χ1n) is 6.55. The fourth-order valence-electron chi connectivity index (χ4n) is 1.76. The number of benzene rings is 1. The van der Waals surface area contributed by atoms with Gasteiger partial charge in [-0.15, -0.1) is 0 Å². The van der Waals surface area contributed by atoms with Crippen molar-refractivity contribution in [2.45, 2.75) is 37.6 Å². The van der Waals surface area contributed by atoms with E-state index in [0.717, 1.165) is 12.8 Å². The summed E-state index contributed by atoms with van der Waals surface area (Å²) in [6, 6.07) is 7.08. The van der Waals surface area contributed by atoms with Crippen LogP contribution in [0.15, 0.2) is 29.2 Å². The van der Waals surface area contributed by atoms with Crippen molar-refractivity contribution in [1.29, 1.82) is 0 Å². The van der Waals surface area contributed by atoms with Crippen molar-refractivity contribution in [1.82, 2.24) is 4.72 Å². The highest BCUT2D eigenvalue weighted by Crippen LogP contribution is 2.20. The first kappa shape index (κ1) is 15.9. The minimum atomic E-state index is -3.43. The van der Waals surface area contributed by atoms with Crippen molar-refractivity contribution in [2.24, 2.45) is 5.73 Å². The molecule has 0 aliphatic heterocycles.